The van der Waals surface area contributed by atoms with Crippen LogP contribution in [-0.2, 0) is 0 Å². The van der Waals surface area contributed by atoms with Gasteiger partial charge in [0.1, 0.15) is 11.5 Å². The number of halogens is 2. The molecule has 2 heterocycles. The van der Waals surface area contributed by atoms with Crippen molar-refractivity contribution in [1.29, 1.82) is 0 Å². The smallest absolute Gasteiger partial charge is 0.257 e. The summed E-state index contributed by atoms with van der Waals surface area (Å²) in [5.74, 6) is -0.409. The lowest BCUT2D eigenvalue weighted by atomic mass is 10.1. The van der Waals surface area contributed by atoms with Gasteiger partial charge in [-0.1, -0.05) is 12.1 Å². The van der Waals surface area contributed by atoms with Gasteiger partial charge in [0.2, 0.25) is 0 Å². The summed E-state index contributed by atoms with van der Waals surface area (Å²) in [7, 11) is 0. The third kappa shape index (κ3) is 3.16. The summed E-state index contributed by atoms with van der Waals surface area (Å²) >= 11 is 0. The highest BCUT2D eigenvalue weighted by Crippen LogP contribution is 2.20. The van der Waals surface area contributed by atoms with E-state index < -0.39 is 0 Å². The number of rotatable bonds is 2. The zero-order chi connectivity index (χ0) is 16.6. The monoisotopic (exact) mass is 352 g/mol. The number of nitrogens with zero attached hydrogens (tertiary/aromatic N) is 3. The van der Waals surface area contributed by atoms with E-state index in [-0.39, 0.29) is 36.2 Å². The SMILES string of the molecule is Cc1c(C(=O)N2CCNC(C)C2C)cnn1-c1ccccc1F.Cl. The number of carbonyl (C=O) groups excluding carboxylic acids is 1. The van der Waals surface area contributed by atoms with Crippen LogP contribution in [0.2, 0.25) is 0 Å². The van der Waals surface area contributed by atoms with Gasteiger partial charge >= 0.3 is 0 Å². The van der Waals surface area contributed by atoms with Crippen molar-refractivity contribution in [3.05, 3.63) is 47.5 Å². The molecule has 0 saturated carbocycles. The number of piperazine rings is 1. The maximum Gasteiger partial charge on any atom is 0.257 e. The first-order valence-electron chi connectivity index (χ1n) is 7.84. The Morgan fingerprint density at radius 3 is 2.75 bits per heavy atom. The third-order valence-electron chi connectivity index (χ3n) is 4.62. The Morgan fingerprint density at radius 2 is 2.04 bits per heavy atom. The van der Waals surface area contributed by atoms with E-state index in [0.29, 0.717) is 23.5 Å². The summed E-state index contributed by atoms with van der Waals surface area (Å²) in [4.78, 5) is 14.7. The summed E-state index contributed by atoms with van der Waals surface area (Å²) in [5, 5.41) is 7.58. The summed E-state index contributed by atoms with van der Waals surface area (Å²) < 4.78 is 15.5. The molecule has 1 N–H and O–H groups in total. The minimum absolute atomic E-state index is 0. The van der Waals surface area contributed by atoms with Gasteiger partial charge in [0, 0.05) is 25.2 Å². The van der Waals surface area contributed by atoms with Gasteiger partial charge in [0.15, 0.2) is 0 Å². The molecule has 0 bridgehead atoms. The second kappa shape index (κ2) is 7.32. The van der Waals surface area contributed by atoms with Gasteiger partial charge in [-0.25, -0.2) is 9.07 Å². The number of carbonyl (C=O) groups is 1. The molecule has 3 rings (SSSR count). The van der Waals surface area contributed by atoms with E-state index in [1.807, 2.05) is 11.8 Å². The number of hydrogen-bond acceptors (Lipinski definition) is 3. The Bertz CT molecular complexity index is 733. The fraction of sp³-hybridized carbons (Fsp3) is 0.412. The summed E-state index contributed by atoms with van der Waals surface area (Å²) in [6.45, 7) is 7.33. The van der Waals surface area contributed by atoms with Crippen LogP contribution in [0.15, 0.2) is 30.5 Å². The first kappa shape index (κ1) is 18.4. The molecule has 7 heteroatoms. The van der Waals surface area contributed by atoms with Crippen LogP contribution >= 0.6 is 12.4 Å². The van der Waals surface area contributed by atoms with Gasteiger partial charge in [0.25, 0.3) is 5.91 Å². The second-order valence-electron chi connectivity index (χ2n) is 5.99. The van der Waals surface area contributed by atoms with Crippen LogP contribution in [0.4, 0.5) is 4.39 Å². The first-order chi connectivity index (χ1) is 11.0. The van der Waals surface area contributed by atoms with Gasteiger partial charge in [-0.2, -0.15) is 5.10 Å². The molecule has 1 aliphatic rings. The van der Waals surface area contributed by atoms with E-state index in [2.05, 4.69) is 17.3 Å². The standard InChI is InChI=1S/C17H21FN4O.ClH/c1-11-12(2)21(9-8-19-11)17(23)14-10-20-22(13(14)3)16-7-5-4-6-15(16)18;/h4-7,10-12,19H,8-9H2,1-3H3;1H. The summed E-state index contributed by atoms with van der Waals surface area (Å²) in [6, 6.07) is 6.77. The highest BCUT2D eigenvalue weighted by molar-refractivity contribution is 5.95. The van der Waals surface area contributed by atoms with Crippen LogP contribution in [0, 0.1) is 12.7 Å². The fourth-order valence-electron chi connectivity index (χ4n) is 2.98. The van der Waals surface area contributed by atoms with Gasteiger partial charge in [-0.15, -0.1) is 12.4 Å². The molecule has 2 atom stereocenters. The predicted molar refractivity (Wildman–Crippen MR) is 93.5 cm³/mol. The zero-order valence-corrected chi connectivity index (χ0v) is 14.8. The van der Waals surface area contributed by atoms with E-state index in [0.717, 1.165) is 6.54 Å². The number of aromatic nitrogens is 2. The summed E-state index contributed by atoms with van der Waals surface area (Å²) in [6.07, 6.45) is 1.53. The van der Waals surface area contributed by atoms with Crippen molar-refractivity contribution in [3.63, 3.8) is 0 Å². The Morgan fingerprint density at radius 1 is 1.33 bits per heavy atom. The minimum Gasteiger partial charge on any atom is -0.333 e. The van der Waals surface area contributed by atoms with Crippen molar-refractivity contribution in [2.24, 2.45) is 0 Å². The normalized spacial score (nSPS) is 20.6. The van der Waals surface area contributed by atoms with Crippen LogP contribution in [-0.4, -0.2) is 45.8 Å². The fourth-order valence-corrected chi connectivity index (χ4v) is 2.98. The molecule has 1 aromatic carbocycles. The van der Waals surface area contributed by atoms with Crippen molar-refractivity contribution in [3.8, 4) is 5.69 Å². The van der Waals surface area contributed by atoms with Crippen LogP contribution in [0.25, 0.3) is 5.69 Å². The highest BCUT2D eigenvalue weighted by Gasteiger charge is 2.30. The van der Waals surface area contributed by atoms with E-state index in [9.17, 15) is 9.18 Å². The lowest BCUT2D eigenvalue weighted by molar-refractivity contribution is 0.0602. The molecule has 130 valence electrons. The van der Waals surface area contributed by atoms with Gasteiger partial charge in [0.05, 0.1) is 17.5 Å². The van der Waals surface area contributed by atoms with E-state index >= 15 is 0 Å². The average molecular weight is 353 g/mol. The highest BCUT2D eigenvalue weighted by atomic mass is 35.5. The first-order valence-corrected chi connectivity index (χ1v) is 7.84. The van der Waals surface area contributed by atoms with E-state index in [1.54, 1.807) is 25.1 Å². The van der Waals surface area contributed by atoms with Crippen LogP contribution in [0.3, 0.4) is 0 Å². The number of amides is 1. The molecule has 1 saturated heterocycles. The maximum atomic E-state index is 14.0. The molecule has 1 aromatic heterocycles. The Balaban J connectivity index is 0.00000208. The van der Waals surface area contributed by atoms with Crippen molar-refractivity contribution < 1.29 is 9.18 Å². The molecule has 1 fully saturated rings. The molecule has 5 nitrogen and oxygen atoms in total. The van der Waals surface area contributed by atoms with Crippen LogP contribution in [0.1, 0.15) is 29.9 Å². The van der Waals surface area contributed by atoms with Crippen molar-refractivity contribution in [1.82, 2.24) is 20.0 Å². The quantitative estimate of drug-likeness (QED) is 0.903. The molecule has 0 spiro atoms. The van der Waals surface area contributed by atoms with E-state index in [4.69, 9.17) is 0 Å². The van der Waals surface area contributed by atoms with Crippen molar-refractivity contribution >= 4 is 18.3 Å². The number of benzene rings is 1. The van der Waals surface area contributed by atoms with Crippen LogP contribution < -0.4 is 5.32 Å². The lowest BCUT2D eigenvalue weighted by Crippen LogP contribution is -2.57. The third-order valence-corrected chi connectivity index (χ3v) is 4.62. The Labute approximate surface area is 147 Å². The Kier molecular flexibility index (Phi) is 5.62. The predicted octanol–water partition coefficient (Wildman–Crippen LogP) is 2.56. The number of hydrogen-bond donors (Lipinski definition) is 1. The molecule has 1 aliphatic heterocycles. The van der Waals surface area contributed by atoms with Gasteiger partial charge in [-0.3, -0.25) is 4.79 Å². The van der Waals surface area contributed by atoms with Gasteiger partial charge in [-0.05, 0) is 32.9 Å². The Hall–Kier alpha value is -1.92. The zero-order valence-electron chi connectivity index (χ0n) is 14.0. The van der Waals surface area contributed by atoms with E-state index in [1.165, 1.54) is 16.9 Å². The number of nitrogens with one attached hydrogen (secondary N) is 1. The maximum absolute atomic E-state index is 14.0. The number of para-hydroxylation sites is 1. The summed E-state index contributed by atoms with van der Waals surface area (Å²) in [5.41, 5.74) is 1.53. The molecule has 24 heavy (non-hydrogen) atoms. The minimum atomic E-state index is -0.359. The topological polar surface area (TPSA) is 50.2 Å². The molecular formula is C17H22ClFN4O. The van der Waals surface area contributed by atoms with Gasteiger partial charge < -0.3 is 10.2 Å². The molecule has 2 aromatic rings. The average Bonchev–Trinajstić information content (AvgIpc) is 2.91. The molecular weight excluding hydrogens is 331 g/mol. The molecule has 2 unspecified atom stereocenters. The molecule has 1 amide bonds. The van der Waals surface area contributed by atoms with Crippen molar-refractivity contribution in [2.75, 3.05) is 13.1 Å². The largest absolute Gasteiger partial charge is 0.333 e. The lowest BCUT2D eigenvalue weighted by Gasteiger charge is -2.38. The van der Waals surface area contributed by atoms with Crippen LogP contribution in [0.5, 0.6) is 0 Å². The second-order valence-corrected chi connectivity index (χ2v) is 5.99. The van der Waals surface area contributed by atoms with Crippen molar-refractivity contribution in [2.45, 2.75) is 32.9 Å². The molecule has 0 aliphatic carbocycles. The molecule has 0 radical (unpaired) electrons.